The highest BCUT2D eigenvalue weighted by Crippen LogP contribution is 2.37. The van der Waals surface area contributed by atoms with Crippen molar-refractivity contribution in [1.82, 2.24) is 4.90 Å². The summed E-state index contributed by atoms with van der Waals surface area (Å²) >= 11 is 12.6. The lowest BCUT2D eigenvalue weighted by atomic mass is 9.83. The lowest BCUT2D eigenvalue weighted by Gasteiger charge is -2.29. The molecule has 0 N–H and O–H groups in total. The zero-order chi connectivity index (χ0) is 19.1. The van der Waals surface area contributed by atoms with Crippen molar-refractivity contribution in [3.8, 4) is 0 Å². The molecule has 0 heterocycles. The Balaban J connectivity index is 1.38. The van der Waals surface area contributed by atoms with Crippen molar-refractivity contribution in [2.45, 2.75) is 55.2 Å². The van der Waals surface area contributed by atoms with E-state index in [0.717, 1.165) is 45.2 Å². The van der Waals surface area contributed by atoms with Crippen molar-refractivity contribution < 1.29 is 0 Å². The van der Waals surface area contributed by atoms with Gasteiger partial charge in [-0.1, -0.05) is 54.6 Å². The zero-order valence-corrected chi connectivity index (χ0v) is 17.8. The zero-order valence-electron chi connectivity index (χ0n) is 16.3. The number of rotatable bonds is 8. The SMILES string of the molecule is CN(CCCc1ccc(C2CCC(Cl)C(Cl)C2)cc1)CCc1ccccc1. The van der Waals surface area contributed by atoms with Crippen LogP contribution in [0, 0.1) is 0 Å². The third kappa shape index (κ3) is 6.52. The molecule has 2 aromatic carbocycles. The summed E-state index contributed by atoms with van der Waals surface area (Å²) in [5.41, 5.74) is 4.28. The Morgan fingerprint density at radius 3 is 2.22 bits per heavy atom. The molecule has 0 aliphatic heterocycles. The van der Waals surface area contributed by atoms with Gasteiger partial charge in [0.1, 0.15) is 0 Å². The van der Waals surface area contributed by atoms with Gasteiger partial charge in [0.05, 0.1) is 5.38 Å². The molecule has 3 atom stereocenters. The molecule has 0 aromatic heterocycles. The molecule has 146 valence electrons. The van der Waals surface area contributed by atoms with Gasteiger partial charge in [0.15, 0.2) is 0 Å². The lowest BCUT2D eigenvalue weighted by molar-refractivity contribution is 0.333. The van der Waals surface area contributed by atoms with Crippen molar-refractivity contribution >= 4 is 23.2 Å². The minimum absolute atomic E-state index is 0.108. The van der Waals surface area contributed by atoms with Gasteiger partial charge in [-0.15, -0.1) is 23.2 Å². The summed E-state index contributed by atoms with van der Waals surface area (Å²) in [6, 6.07) is 19.9. The molecule has 1 fully saturated rings. The average molecular weight is 404 g/mol. The van der Waals surface area contributed by atoms with Crippen LogP contribution in [0.1, 0.15) is 48.3 Å². The Hall–Kier alpha value is -1.02. The molecule has 0 saturated heterocycles. The summed E-state index contributed by atoms with van der Waals surface area (Å²) in [7, 11) is 2.22. The van der Waals surface area contributed by atoms with Crippen LogP contribution >= 0.6 is 23.2 Å². The molecular formula is C24H31Cl2N. The minimum atomic E-state index is 0.108. The maximum atomic E-state index is 6.37. The smallest absolute Gasteiger partial charge is 0.0505 e. The van der Waals surface area contributed by atoms with Crippen molar-refractivity contribution in [3.63, 3.8) is 0 Å². The molecule has 1 aliphatic rings. The number of benzene rings is 2. The quantitative estimate of drug-likeness (QED) is 0.468. The highest BCUT2D eigenvalue weighted by Gasteiger charge is 2.28. The Bertz CT molecular complexity index is 671. The number of likely N-dealkylation sites (N-methyl/N-ethyl adjacent to an activating group) is 1. The van der Waals surface area contributed by atoms with E-state index in [1.807, 2.05) is 0 Å². The summed E-state index contributed by atoms with van der Waals surface area (Å²) in [5.74, 6) is 0.570. The van der Waals surface area contributed by atoms with Crippen LogP contribution in [0.4, 0.5) is 0 Å². The maximum absolute atomic E-state index is 6.37. The fourth-order valence-corrected chi connectivity index (χ4v) is 4.54. The third-order valence-corrected chi connectivity index (χ3v) is 6.91. The van der Waals surface area contributed by atoms with Gasteiger partial charge in [0.2, 0.25) is 0 Å². The molecule has 0 bridgehead atoms. The van der Waals surface area contributed by atoms with Crippen molar-refractivity contribution in [3.05, 3.63) is 71.3 Å². The summed E-state index contributed by atoms with van der Waals surface area (Å²) in [4.78, 5) is 2.44. The second-order valence-electron chi connectivity index (χ2n) is 7.93. The fraction of sp³-hybridized carbons (Fsp3) is 0.500. The minimum Gasteiger partial charge on any atom is -0.306 e. The molecule has 0 amide bonds. The van der Waals surface area contributed by atoms with Crippen LogP contribution in [-0.2, 0) is 12.8 Å². The van der Waals surface area contributed by atoms with Crippen molar-refractivity contribution in [2.75, 3.05) is 20.1 Å². The van der Waals surface area contributed by atoms with E-state index in [1.54, 1.807) is 0 Å². The Morgan fingerprint density at radius 2 is 1.52 bits per heavy atom. The molecular weight excluding hydrogens is 373 g/mol. The maximum Gasteiger partial charge on any atom is 0.0505 e. The molecule has 1 nitrogen and oxygen atoms in total. The van der Waals surface area contributed by atoms with Crippen LogP contribution in [0.5, 0.6) is 0 Å². The van der Waals surface area contributed by atoms with E-state index in [4.69, 9.17) is 23.2 Å². The van der Waals surface area contributed by atoms with Crippen LogP contribution in [0.2, 0.25) is 0 Å². The second kappa shape index (κ2) is 10.5. The molecule has 3 rings (SSSR count). The van der Waals surface area contributed by atoms with Crippen LogP contribution in [-0.4, -0.2) is 35.8 Å². The van der Waals surface area contributed by atoms with Crippen molar-refractivity contribution in [2.24, 2.45) is 0 Å². The molecule has 27 heavy (non-hydrogen) atoms. The number of halogens is 2. The van der Waals surface area contributed by atoms with E-state index in [9.17, 15) is 0 Å². The van der Waals surface area contributed by atoms with Gasteiger partial charge in [0, 0.05) is 11.9 Å². The molecule has 0 radical (unpaired) electrons. The van der Waals surface area contributed by atoms with Crippen LogP contribution in [0.3, 0.4) is 0 Å². The Kier molecular flexibility index (Phi) is 8.06. The number of hydrogen-bond acceptors (Lipinski definition) is 1. The van der Waals surface area contributed by atoms with E-state index >= 15 is 0 Å². The first-order chi connectivity index (χ1) is 13.1. The van der Waals surface area contributed by atoms with Gasteiger partial charge in [-0.05, 0) is 74.7 Å². The van der Waals surface area contributed by atoms with Gasteiger partial charge in [-0.3, -0.25) is 0 Å². The highest BCUT2D eigenvalue weighted by atomic mass is 35.5. The normalized spacial score (nSPS) is 22.9. The predicted molar refractivity (Wildman–Crippen MR) is 118 cm³/mol. The molecule has 3 unspecified atom stereocenters. The summed E-state index contributed by atoms with van der Waals surface area (Å²) in [6.45, 7) is 2.26. The van der Waals surface area contributed by atoms with E-state index in [2.05, 4.69) is 66.5 Å². The molecule has 1 saturated carbocycles. The van der Waals surface area contributed by atoms with Gasteiger partial charge in [-0.2, -0.15) is 0 Å². The average Bonchev–Trinajstić information content (AvgIpc) is 2.70. The Morgan fingerprint density at radius 1 is 0.815 bits per heavy atom. The van der Waals surface area contributed by atoms with Crippen LogP contribution in [0.25, 0.3) is 0 Å². The summed E-state index contributed by atoms with van der Waals surface area (Å²) in [5, 5.41) is 0.248. The summed E-state index contributed by atoms with van der Waals surface area (Å²) in [6.07, 6.45) is 6.65. The molecule has 2 aromatic rings. The van der Waals surface area contributed by atoms with Gasteiger partial charge >= 0.3 is 0 Å². The number of hydrogen-bond donors (Lipinski definition) is 0. The van der Waals surface area contributed by atoms with E-state index in [1.165, 1.54) is 23.1 Å². The lowest BCUT2D eigenvalue weighted by Crippen LogP contribution is -2.24. The van der Waals surface area contributed by atoms with Gasteiger partial charge < -0.3 is 4.90 Å². The largest absolute Gasteiger partial charge is 0.306 e. The number of nitrogens with zero attached hydrogens (tertiary/aromatic N) is 1. The first-order valence-electron chi connectivity index (χ1n) is 10.2. The number of alkyl halides is 2. The monoisotopic (exact) mass is 403 g/mol. The topological polar surface area (TPSA) is 3.24 Å². The Labute approximate surface area is 174 Å². The standard InChI is InChI=1S/C24H31Cl2N/c1-27(17-15-19-6-3-2-4-7-19)16-5-8-20-9-11-21(12-10-20)22-13-14-23(25)24(26)18-22/h2-4,6-7,9-12,22-24H,5,8,13-18H2,1H3. The predicted octanol–water partition coefficient (Wildman–Crippen LogP) is 6.28. The van der Waals surface area contributed by atoms with Crippen LogP contribution < -0.4 is 0 Å². The fourth-order valence-electron chi connectivity index (χ4n) is 3.97. The number of aryl methyl sites for hydroxylation is 1. The molecule has 3 heteroatoms. The van der Waals surface area contributed by atoms with E-state index < -0.39 is 0 Å². The van der Waals surface area contributed by atoms with Crippen LogP contribution in [0.15, 0.2) is 54.6 Å². The summed E-state index contributed by atoms with van der Waals surface area (Å²) < 4.78 is 0. The highest BCUT2D eigenvalue weighted by molar-refractivity contribution is 6.30. The first kappa shape index (κ1) is 20.7. The van der Waals surface area contributed by atoms with Gasteiger partial charge in [0.25, 0.3) is 0 Å². The molecule has 1 aliphatic carbocycles. The molecule has 0 spiro atoms. The van der Waals surface area contributed by atoms with Crippen molar-refractivity contribution in [1.29, 1.82) is 0 Å². The van der Waals surface area contributed by atoms with E-state index in [-0.39, 0.29) is 10.8 Å². The van der Waals surface area contributed by atoms with E-state index in [0.29, 0.717) is 5.92 Å². The third-order valence-electron chi connectivity index (χ3n) is 5.77. The van der Waals surface area contributed by atoms with Gasteiger partial charge in [-0.25, -0.2) is 0 Å². The first-order valence-corrected chi connectivity index (χ1v) is 11.1. The second-order valence-corrected chi connectivity index (χ2v) is 9.05.